The first-order chi connectivity index (χ1) is 5.46. The van der Waals surface area contributed by atoms with E-state index in [9.17, 15) is 0 Å². The van der Waals surface area contributed by atoms with Crippen molar-refractivity contribution in [3.8, 4) is 0 Å². The van der Waals surface area contributed by atoms with Crippen molar-refractivity contribution in [2.75, 3.05) is 0 Å². The van der Waals surface area contributed by atoms with Gasteiger partial charge < -0.3 is 17.2 Å². The van der Waals surface area contributed by atoms with Gasteiger partial charge in [0.25, 0.3) is 0 Å². The largest absolute Gasteiger partial charge is 0.327 e. The lowest BCUT2D eigenvalue weighted by Gasteiger charge is -2.44. The predicted molar refractivity (Wildman–Crippen MR) is 51.4 cm³/mol. The van der Waals surface area contributed by atoms with Gasteiger partial charge in [0.15, 0.2) is 0 Å². The first-order valence-electron chi connectivity index (χ1n) is 4.73. The van der Waals surface area contributed by atoms with E-state index in [0.29, 0.717) is 17.8 Å². The third-order valence-corrected chi connectivity index (χ3v) is 3.64. The summed E-state index contributed by atoms with van der Waals surface area (Å²) in [6, 6.07) is 0.476. The van der Waals surface area contributed by atoms with Crippen molar-refractivity contribution in [2.24, 2.45) is 35.0 Å². The van der Waals surface area contributed by atoms with Crippen LogP contribution in [0, 0.1) is 17.8 Å². The third kappa shape index (κ3) is 1.37. The zero-order chi connectivity index (χ0) is 9.46. The van der Waals surface area contributed by atoms with Crippen molar-refractivity contribution in [1.82, 2.24) is 0 Å². The molecule has 1 saturated carbocycles. The van der Waals surface area contributed by atoms with Gasteiger partial charge in [-0.3, -0.25) is 0 Å². The summed E-state index contributed by atoms with van der Waals surface area (Å²) in [5.74, 6) is 1.15. The molecular formula is C9H21N3. The first kappa shape index (κ1) is 9.96. The molecular weight excluding hydrogens is 150 g/mol. The Balaban J connectivity index is 2.76. The van der Waals surface area contributed by atoms with E-state index in [0.717, 1.165) is 0 Å². The van der Waals surface area contributed by atoms with E-state index in [2.05, 4.69) is 20.8 Å². The van der Waals surface area contributed by atoms with Gasteiger partial charge in [0, 0.05) is 18.1 Å². The molecule has 0 aromatic carbocycles. The van der Waals surface area contributed by atoms with E-state index in [1.54, 1.807) is 0 Å². The molecule has 0 amide bonds. The maximum Gasteiger partial charge on any atom is 0.0120 e. The van der Waals surface area contributed by atoms with E-state index in [4.69, 9.17) is 17.2 Å². The molecule has 72 valence electrons. The SMILES string of the molecule is CC1C(N)C(C)C(N)C(C)C1N. The second kappa shape index (κ2) is 3.32. The lowest BCUT2D eigenvalue weighted by molar-refractivity contribution is 0.134. The van der Waals surface area contributed by atoms with Crippen molar-refractivity contribution in [3.05, 3.63) is 0 Å². The fourth-order valence-corrected chi connectivity index (χ4v) is 2.21. The molecule has 0 aromatic heterocycles. The van der Waals surface area contributed by atoms with Crippen LogP contribution >= 0.6 is 0 Å². The van der Waals surface area contributed by atoms with Crippen LogP contribution in [0.5, 0.6) is 0 Å². The monoisotopic (exact) mass is 171 g/mol. The van der Waals surface area contributed by atoms with Crippen LogP contribution in [-0.2, 0) is 0 Å². The second-order valence-electron chi connectivity index (χ2n) is 4.31. The van der Waals surface area contributed by atoms with Crippen molar-refractivity contribution in [2.45, 2.75) is 38.9 Å². The maximum atomic E-state index is 6.00. The smallest absolute Gasteiger partial charge is 0.0120 e. The van der Waals surface area contributed by atoms with Crippen molar-refractivity contribution >= 4 is 0 Å². The second-order valence-corrected chi connectivity index (χ2v) is 4.31. The van der Waals surface area contributed by atoms with Crippen LogP contribution in [-0.4, -0.2) is 18.1 Å². The highest BCUT2D eigenvalue weighted by Crippen LogP contribution is 2.30. The van der Waals surface area contributed by atoms with E-state index >= 15 is 0 Å². The highest BCUT2D eigenvalue weighted by molar-refractivity contribution is 4.98. The minimum atomic E-state index is 0.159. The van der Waals surface area contributed by atoms with Gasteiger partial charge in [-0.05, 0) is 17.8 Å². The molecule has 0 unspecified atom stereocenters. The Bertz CT molecular complexity index is 101. The standard InChI is InChI=1S/C9H21N3/c1-4-7(10)5(2)9(12)6(3)8(4)11/h4-9H,10-12H2,1-3H3. The van der Waals surface area contributed by atoms with Gasteiger partial charge in [-0.1, -0.05) is 20.8 Å². The molecule has 0 radical (unpaired) electrons. The molecule has 3 heteroatoms. The molecule has 1 aliphatic rings. The number of rotatable bonds is 0. The normalized spacial score (nSPS) is 55.5. The average Bonchev–Trinajstić information content (AvgIpc) is 2.08. The molecule has 0 aromatic rings. The highest BCUT2D eigenvalue weighted by atomic mass is 14.8. The summed E-state index contributed by atoms with van der Waals surface area (Å²) in [5.41, 5.74) is 18.0. The van der Waals surface area contributed by atoms with Crippen LogP contribution in [0.2, 0.25) is 0 Å². The molecule has 0 bridgehead atoms. The quantitative estimate of drug-likeness (QED) is 0.476. The van der Waals surface area contributed by atoms with Gasteiger partial charge in [-0.15, -0.1) is 0 Å². The van der Waals surface area contributed by atoms with Crippen LogP contribution in [0.4, 0.5) is 0 Å². The molecule has 12 heavy (non-hydrogen) atoms. The molecule has 0 saturated heterocycles. The Morgan fingerprint density at radius 2 is 0.750 bits per heavy atom. The van der Waals surface area contributed by atoms with Gasteiger partial charge >= 0.3 is 0 Å². The van der Waals surface area contributed by atoms with E-state index < -0.39 is 0 Å². The summed E-state index contributed by atoms with van der Waals surface area (Å²) in [6.45, 7) is 6.36. The molecule has 0 atom stereocenters. The molecule has 1 fully saturated rings. The van der Waals surface area contributed by atoms with E-state index in [-0.39, 0.29) is 18.1 Å². The number of hydrogen-bond acceptors (Lipinski definition) is 3. The van der Waals surface area contributed by atoms with Crippen molar-refractivity contribution < 1.29 is 0 Å². The van der Waals surface area contributed by atoms with Gasteiger partial charge in [-0.25, -0.2) is 0 Å². The Kier molecular flexibility index (Phi) is 2.76. The van der Waals surface area contributed by atoms with Gasteiger partial charge in [0.2, 0.25) is 0 Å². The zero-order valence-corrected chi connectivity index (χ0v) is 8.20. The van der Waals surface area contributed by atoms with Crippen LogP contribution < -0.4 is 17.2 Å². The molecule has 0 spiro atoms. The van der Waals surface area contributed by atoms with Gasteiger partial charge in [0.05, 0.1) is 0 Å². The summed E-state index contributed by atoms with van der Waals surface area (Å²) < 4.78 is 0. The lowest BCUT2D eigenvalue weighted by atomic mass is 9.68. The minimum absolute atomic E-state index is 0.159. The van der Waals surface area contributed by atoms with Gasteiger partial charge in [0.1, 0.15) is 0 Å². The molecule has 1 rings (SSSR count). The molecule has 1 aliphatic carbocycles. The predicted octanol–water partition coefficient (Wildman–Crippen LogP) is -0.110. The Morgan fingerprint density at radius 1 is 0.583 bits per heavy atom. The Morgan fingerprint density at radius 3 is 0.917 bits per heavy atom. The third-order valence-electron chi connectivity index (χ3n) is 3.64. The maximum absolute atomic E-state index is 6.00. The average molecular weight is 171 g/mol. The summed E-state index contributed by atoms with van der Waals surface area (Å²) >= 11 is 0. The number of hydrogen-bond donors (Lipinski definition) is 3. The topological polar surface area (TPSA) is 78.1 Å². The summed E-state index contributed by atoms with van der Waals surface area (Å²) in [7, 11) is 0. The van der Waals surface area contributed by atoms with Crippen LogP contribution in [0.1, 0.15) is 20.8 Å². The lowest BCUT2D eigenvalue weighted by Crippen LogP contribution is -2.61. The zero-order valence-electron chi connectivity index (χ0n) is 8.20. The Hall–Kier alpha value is -0.120. The van der Waals surface area contributed by atoms with Gasteiger partial charge in [-0.2, -0.15) is 0 Å². The van der Waals surface area contributed by atoms with Crippen LogP contribution in [0.3, 0.4) is 0 Å². The minimum Gasteiger partial charge on any atom is -0.327 e. The van der Waals surface area contributed by atoms with Crippen LogP contribution in [0.25, 0.3) is 0 Å². The fraction of sp³-hybridized carbons (Fsp3) is 1.00. The molecule has 0 heterocycles. The number of nitrogens with two attached hydrogens (primary N) is 3. The fourth-order valence-electron chi connectivity index (χ4n) is 2.21. The van der Waals surface area contributed by atoms with E-state index in [1.165, 1.54) is 0 Å². The van der Waals surface area contributed by atoms with Crippen molar-refractivity contribution in [3.63, 3.8) is 0 Å². The Labute approximate surface area is 74.7 Å². The van der Waals surface area contributed by atoms with Crippen molar-refractivity contribution in [1.29, 1.82) is 0 Å². The summed E-state index contributed by atoms with van der Waals surface area (Å²) in [6.07, 6.45) is 0. The summed E-state index contributed by atoms with van der Waals surface area (Å²) in [5, 5.41) is 0. The molecule has 6 N–H and O–H groups in total. The summed E-state index contributed by atoms with van der Waals surface area (Å²) in [4.78, 5) is 0. The highest BCUT2D eigenvalue weighted by Gasteiger charge is 2.39. The van der Waals surface area contributed by atoms with Crippen LogP contribution in [0.15, 0.2) is 0 Å². The molecule has 3 nitrogen and oxygen atoms in total. The molecule has 0 aliphatic heterocycles. The van der Waals surface area contributed by atoms with E-state index in [1.807, 2.05) is 0 Å². The first-order valence-corrected chi connectivity index (χ1v) is 4.73.